The number of nitrogens with two attached hydrogens (primary N) is 1. The normalized spacial score (nSPS) is 10.6. The molecule has 4 N–H and O–H groups in total. The van der Waals surface area contributed by atoms with E-state index in [-0.39, 0.29) is 23.1 Å². The Morgan fingerprint density at radius 2 is 1.75 bits per heavy atom. The van der Waals surface area contributed by atoms with Crippen molar-refractivity contribution in [2.75, 3.05) is 5.73 Å². The van der Waals surface area contributed by atoms with Gasteiger partial charge in [0.1, 0.15) is 5.75 Å². The van der Waals surface area contributed by atoms with Crippen molar-refractivity contribution >= 4 is 5.69 Å². The predicted octanol–water partition coefficient (Wildman–Crippen LogP) is 2.40. The molecular formula is C14H11N3O3. The lowest BCUT2D eigenvalue weighted by atomic mass is 10.1. The highest BCUT2D eigenvalue weighted by molar-refractivity contribution is 5.72. The highest BCUT2D eigenvalue weighted by Crippen LogP contribution is 2.33. The van der Waals surface area contributed by atoms with Gasteiger partial charge in [-0.1, -0.05) is 11.2 Å². The van der Waals surface area contributed by atoms with Crippen LogP contribution < -0.4 is 5.73 Å². The SMILES string of the molecule is Nc1cccc(-c2nc(-c3ccc(O)cc3)no2)c1O. The van der Waals surface area contributed by atoms with E-state index in [0.717, 1.165) is 0 Å². The Bertz CT molecular complexity index is 751. The second-order valence-electron chi connectivity index (χ2n) is 4.21. The van der Waals surface area contributed by atoms with Crippen LogP contribution in [0.4, 0.5) is 5.69 Å². The molecule has 1 aromatic heterocycles. The van der Waals surface area contributed by atoms with Crippen molar-refractivity contribution in [2.24, 2.45) is 0 Å². The van der Waals surface area contributed by atoms with Gasteiger partial charge in [-0.25, -0.2) is 0 Å². The fourth-order valence-corrected chi connectivity index (χ4v) is 1.79. The molecule has 0 unspecified atom stereocenters. The molecule has 0 spiro atoms. The number of hydrogen-bond donors (Lipinski definition) is 3. The van der Waals surface area contributed by atoms with Gasteiger partial charge < -0.3 is 20.5 Å². The fourth-order valence-electron chi connectivity index (χ4n) is 1.79. The van der Waals surface area contributed by atoms with Crippen molar-refractivity contribution in [3.63, 3.8) is 0 Å². The molecule has 6 heteroatoms. The molecule has 3 rings (SSSR count). The molecule has 0 atom stereocenters. The zero-order chi connectivity index (χ0) is 14.1. The van der Waals surface area contributed by atoms with Crippen LogP contribution in [-0.2, 0) is 0 Å². The monoisotopic (exact) mass is 269 g/mol. The first-order chi connectivity index (χ1) is 9.65. The van der Waals surface area contributed by atoms with Crippen molar-refractivity contribution in [3.05, 3.63) is 42.5 Å². The van der Waals surface area contributed by atoms with E-state index in [4.69, 9.17) is 10.3 Å². The molecule has 0 aliphatic heterocycles. The summed E-state index contributed by atoms with van der Waals surface area (Å²) in [5, 5.41) is 23.0. The highest BCUT2D eigenvalue weighted by atomic mass is 16.5. The Morgan fingerprint density at radius 1 is 1.00 bits per heavy atom. The molecule has 0 bridgehead atoms. The number of para-hydroxylation sites is 1. The summed E-state index contributed by atoms with van der Waals surface area (Å²) >= 11 is 0. The standard InChI is InChI=1S/C14H11N3O3/c15-11-3-1-2-10(12(11)19)14-16-13(17-20-14)8-4-6-9(18)7-5-8/h1-7,18-19H,15H2. The van der Waals surface area contributed by atoms with Crippen LogP contribution in [0.2, 0.25) is 0 Å². The summed E-state index contributed by atoms with van der Waals surface area (Å²) in [4.78, 5) is 4.21. The number of benzene rings is 2. The molecule has 100 valence electrons. The van der Waals surface area contributed by atoms with Crippen molar-refractivity contribution < 1.29 is 14.7 Å². The molecule has 0 saturated heterocycles. The van der Waals surface area contributed by atoms with Crippen LogP contribution in [0.15, 0.2) is 47.0 Å². The number of nitrogen functional groups attached to an aromatic ring is 1. The first kappa shape index (κ1) is 12.0. The molecule has 6 nitrogen and oxygen atoms in total. The summed E-state index contributed by atoms with van der Waals surface area (Å²) in [7, 11) is 0. The van der Waals surface area contributed by atoms with Crippen LogP contribution in [-0.4, -0.2) is 20.4 Å². The van der Waals surface area contributed by atoms with Gasteiger partial charge in [-0.2, -0.15) is 4.98 Å². The summed E-state index contributed by atoms with van der Waals surface area (Å²) in [5.41, 5.74) is 6.94. The van der Waals surface area contributed by atoms with E-state index in [1.54, 1.807) is 30.3 Å². The van der Waals surface area contributed by atoms with Gasteiger partial charge in [0, 0.05) is 5.56 Å². The van der Waals surface area contributed by atoms with Crippen molar-refractivity contribution in [1.82, 2.24) is 10.1 Å². The molecule has 0 aliphatic carbocycles. The van der Waals surface area contributed by atoms with Crippen molar-refractivity contribution in [1.29, 1.82) is 0 Å². The van der Waals surface area contributed by atoms with Gasteiger partial charge in [-0.3, -0.25) is 0 Å². The van der Waals surface area contributed by atoms with Gasteiger partial charge in [-0.05, 0) is 36.4 Å². The Balaban J connectivity index is 2.02. The number of phenolic OH excluding ortho intramolecular Hbond substituents is 2. The van der Waals surface area contributed by atoms with Gasteiger partial charge in [0.2, 0.25) is 5.82 Å². The van der Waals surface area contributed by atoms with Crippen LogP contribution in [0.5, 0.6) is 11.5 Å². The molecule has 0 aliphatic rings. The highest BCUT2D eigenvalue weighted by Gasteiger charge is 2.15. The third-order valence-corrected chi connectivity index (χ3v) is 2.85. The van der Waals surface area contributed by atoms with Crippen molar-refractivity contribution in [3.8, 4) is 34.3 Å². The Morgan fingerprint density at radius 3 is 2.50 bits per heavy atom. The lowest BCUT2D eigenvalue weighted by Crippen LogP contribution is -1.88. The molecule has 2 aromatic carbocycles. The minimum atomic E-state index is -0.0894. The van der Waals surface area contributed by atoms with E-state index >= 15 is 0 Å². The van der Waals surface area contributed by atoms with E-state index in [9.17, 15) is 10.2 Å². The third kappa shape index (κ3) is 2.03. The summed E-state index contributed by atoms with van der Waals surface area (Å²) in [6.45, 7) is 0. The number of aromatic nitrogens is 2. The third-order valence-electron chi connectivity index (χ3n) is 2.85. The second kappa shape index (κ2) is 4.58. The van der Waals surface area contributed by atoms with Crippen molar-refractivity contribution in [2.45, 2.75) is 0 Å². The fraction of sp³-hybridized carbons (Fsp3) is 0. The average molecular weight is 269 g/mol. The summed E-state index contributed by atoms with van der Waals surface area (Å²) < 4.78 is 5.13. The van der Waals surface area contributed by atoms with Crippen LogP contribution in [0.25, 0.3) is 22.8 Å². The molecule has 0 fully saturated rings. The summed E-state index contributed by atoms with van der Waals surface area (Å²) in [6, 6.07) is 11.3. The summed E-state index contributed by atoms with van der Waals surface area (Å²) in [6.07, 6.45) is 0. The predicted molar refractivity (Wildman–Crippen MR) is 72.9 cm³/mol. The second-order valence-corrected chi connectivity index (χ2v) is 4.21. The van der Waals surface area contributed by atoms with E-state index in [1.165, 1.54) is 12.1 Å². The smallest absolute Gasteiger partial charge is 0.262 e. The Hall–Kier alpha value is -3.02. The van der Waals surface area contributed by atoms with Gasteiger partial charge in [0.15, 0.2) is 5.75 Å². The number of phenols is 2. The maximum absolute atomic E-state index is 9.88. The van der Waals surface area contributed by atoms with Gasteiger partial charge in [0.05, 0.1) is 11.3 Å². The molecule has 0 amide bonds. The van der Waals surface area contributed by atoms with Crippen LogP contribution in [0.1, 0.15) is 0 Å². The van der Waals surface area contributed by atoms with Crippen LogP contribution in [0.3, 0.4) is 0 Å². The van der Waals surface area contributed by atoms with Gasteiger partial charge in [-0.15, -0.1) is 0 Å². The maximum atomic E-state index is 9.88. The molecular weight excluding hydrogens is 258 g/mol. The topological polar surface area (TPSA) is 105 Å². The average Bonchev–Trinajstić information content (AvgIpc) is 2.92. The zero-order valence-electron chi connectivity index (χ0n) is 10.3. The molecule has 1 heterocycles. The first-order valence-corrected chi connectivity index (χ1v) is 5.86. The van der Waals surface area contributed by atoms with Crippen LogP contribution in [0, 0.1) is 0 Å². The largest absolute Gasteiger partial charge is 0.508 e. The Labute approximate surface area is 114 Å². The lowest BCUT2D eigenvalue weighted by molar-refractivity contribution is 0.426. The minimum Gasteiger partial charge on any atom is -0.508 e. The minimum absolute atomic E-state index is 0.0894. The number of rotatable bonds is 2. The number of anilines is 1. The molecule has 20 heavy (non-hydrogen) atoms. The maximum Gasteiger partial charge on any atom is 0.262 e. The first-order valence-electron chi connectivity index (χ1n) is 5.86. The van der Waals surface area contributed by atoms with E-state index in [1.807, 2.05) is 0 Å². The summed E-state index contributed by atoms with van der Waals surface area (Å²) in [5.74, 6) is 0.610. The van der Waals surface area contributed by atoms with E-state index < -0.39 is 0 Å². The number of hydrogen-bond acceptors (Lipinski definition) is 6. The quantitative estimate of drug-likeness (QED) is 0.487. The van der Waals surface area contributed by atoms with E-state index in [0.29, 0.717) is 17.0 Å². The number of aromatic hydroxyl groups is 2. The molecule has 0 radical (unpaired) electrons. The van der Waals surface area contributed by atoms with E-state index in [2.05, 4.69) is 10.1 Å². The number of nitrogens with zero attached hydrogens (tertiary/aromatic N) is 2. The van der Waals surface area contributed by atoms with Gasteiger partial charge in [0.25, 0.3) is 5.89 Å². The van der Waals surface area contributed by atoms with Crippen LogP contribution >= 0.6 is 0 Å². The zero-order valence-corrected chi connectivity index (χ0v) is 10.3. The Kier molecular flexibility index (Phi) is 2.76. The molecule has 0 saturated carbocycles. The molecule has 3 aromatic rings. The van der Waals surface area contributed by atoms with Gasteiger partial charge >= 0.3 is 0 Å². The lowest BCUT2D eigenvalue weighted by Gasteiger charge is -2.01.